The van der Waals surface area contributed by atoms with Crippen LogP contribution in [0, 0.1) is 5.82 Å². The summed E-state index contributed by atoms with van der Waals surface area (Å²) in [7, 11) is 1.83. The third kappa shape index (κ3) is 3.87. The molecule has 1 aromatic carbocycles. The first-order chi connectivity index (χ1) is 9.56. The van der Waals surface area contributed by atoms with Crippen molar-refractivity contribution in [3.05, 3.63) is 47.5 Å². The molecule has 0 fully saturated rings. The van der Waals surface area contributed by atoms with E-state index in [9.17, 15) is 4.39 Å². The number of hydrogen-bond donors (Lipinski definition) is 1. The molecule has 1 atom stereocenters. The summed E-state index contributed by atoms with van der Waals surface area (Å²) in [4.78, 5) is 0. The Labute approximate surface area is 119 Å². The van der Waals surface area contributed by atoms with E-state index < -0.39 is 0 Å². The van der Waals surface area contributed by atoms with E-state index in [-0.39, 0.29) is 11.7 Å². The quantitative estimate of drug-likeness (QED) is 0.880. The van der Waals surface area contributed by atoms with Crippen molar-refractivity contribution >= 4 is 0 Å². The topological polar surface area (TPSA) is 42.7 Å². The molecule has 0 bridgehead atoms. The van der Waals surface area contributed by atoms with Crippen molar-refractivity contribution < 1.29 is 4.39 Å². The number of aryl methyl sites for hydroxylation is 1. The Kier molecular flexibility index (Phi) is 4.84. The first-order valence-electron chi connectivity index (χ1n) is 6.89. The van der Waals surface area contributed by atoms with Gasteiger partial charge in [0.1, 0.15) is 5.82 Å². The summed E-state index contributed by atoms with van der Waals surface area (Å²) >= 11 is 0. The largest absolute Gasteiger partial charge is 0.314 e. The van der Waals surface area contributed by atoms with Crippen LogP contribution in [0.1, 0.15) is 31.0 Å². The standard InChI is InChI=1S/C15H21FN4/c1-11(2)17-9-12(8-13-10-20(3)19-18-13)14-6-4-5-7-15(14)16/h4-7,10-12,17H,8-9H2,1-3H3. The van der Waals surface area contributed by atoms with E-state index in [0.29, 0.717) is 12.5 Å². The van der Waals surface area contributed by atoms with Gasteiger partial charge in [0.15, 0.2) is 0 Å². The molecule has 0 saturated carbocycles. The highest BCUT2D eigenvalue weighted by Gasteiger charge is 2.18. The Morgan fingerprint density at radius 3 is 2.65 bits per heavy atom. The summed E-state index contributed by atoms with van der Waals surface area (Å²) in [6, 6.07) is 7.31. The van der Waals surface area contributed by atoms with Crippen LogP contribution in [-0.4, -0.2) is 27.6 Å². The number of nitrogens with one attached hydrogen (secondary N) is 1. The van der Waals surface area contributed by atoms with Gasteiger partial charge in [-0.1, -0.05) is 37.3 Å². The van der Waals surface area contributed by atoms with Crippen molar-refractivity contribution in [3.63, 3.8) is 0 Å². The molecular weight excluding hydrogens is 255 g/mol. The molecule has 4 nitrogen and oxygen atoms in total. The fourth-order valence-electron chi connectivity index (χ4n) is 2.22. The first-order valence-corrected chi connectivity index (χ1v) is 6.89. The second kappa shape index (κ2) is 6.61. The lowest BCUT2D eigenvalue weighted by Crippen LogP contribution is -2.29. The minimum atomic E-state index is -0.160. The van der Waals surface area contributed by atoms with E-state index in [1.807, 2.05) is 25.4 Å². The maximum absolute atomic E-state index is 14.0. The van der Waals surface area contributed by atoms with Gasteiger partial charge in [0.2, 0.25) is 0 Å². The average molecular weight is 276 g/mol. The lowest BCUT2D eigenvalue weighted by atomic mass is 9.93. The molecule has 2 aromatic rings. The van der Waals surface area contributed by atoms with E-state index in [1.54, 1.807) is 10.7 Å². The SMILES string of the molecule is CC(C)NCC(Cc1cn(C)nn1)c1ccccc1F. The third-order valence-corrected chi connectivity index (χ3v) is 3.22. The zero-order valence-electron chi connectivity index (χ0n) is 12.2. The first kappa shape index (κ1) is 14.7. The van der Waals surface area contributed by atoms with Gasteiger partial charge in [-0.2, -0.15) is 0 Å². The third-order valence-electron chi connectivity index (χ3n) is 3.22. The minimum absolute atomic E-state index is 0.0512. The van der Waals surface area contributed by atoms with Gasteiger partial charge in [-0.15, -0.1) is 5.10 Å². The van der Waals surface area contributed by atoms with Crippen LogP contribution in [0.2, 0.25) is 0 Å². The lowest BCUT2D eigenvalue weighted by molar-refractivity contribution is 0.503. The van der Waals surface area contributed by atoms with Gasteiger partial charge in [-0.05, 0) is 11.6 Å². The van der Waals surface area contributed by atoms with E-state index >= 15 is 0 Å². The highest BCUT2D eigenvalue weighted by Crippen LogP contribution is 2.22. The maximum Gasteiger partial charge on any atom is 0.126 e. The smallest absolute Gasteiger partial charge is 0.126 e. The van der Waals surface area contributed by atoms with Crippen molar-refractivity contribution in [3.8, 4) is 0 Å². The lowest BCUT2D eigenvalue weighted by Gasteiger charge is -2.19. The number of hydrogen-bond acceptors (Lipinski definition) is 3. The van der Waals surface area contributed by atoms with Gasteiger partial charge in [-0.3, -0.25) is 4.68 Å². The van der Waals surface area contributed by atoms with E-state index in [2.05, 4.69) is 29.5 Å². The number of aromatic nitrogens is 3. The molecule has 20 heavy (non-hydrogen) atoms. The van der Waals surface area contributed by atoms with Crippen molar-refractivity contribution in [1.82, 2.24) is 20.3 Å². The van der Waals surface area contributed by atoms with Crippen LogP contribution in [0.4, 0.5) is 4.39 Å². The van der Waals surface area contributed by atoms with Crippen molar-refractivity contribution in [2.45, 2.75) is 32.2 Å². The summed E-state index contributed by atoms with van der Waals surface area (Å²) < 4.78 is 15.7. The highest BCUT2D eigenvalue weighted by atomic mass is 19.1. The van der Waals surface area contributed by atoms with Gasteiger partial charge in [-0.25, -0.2) is 4.39 Å². The summed E-state index contributed by atoms with van der Waals surface area (Å²) in [6.45, 7) is 4.89. The zero-order chi connectivity index (χ0) is 14.5. The van der Waals surface area contributed by atoms with E-state index in [1.165, 1.54) is 6.07 Å². The molecule has 1 unspecified atom stereocenters. The summed E-state index contributed by atoms with van der Waals surface area (Å²) in [5.41, 5.74) is 1.61. The van der Waals surface area contributed by atoms with Crippen molar-refractivity contribution in [1.29, 1.82) is 0 Å². The summed E-state index contributed by atoms with van der Waals surface area (Å²) in [5, 5.41) is 11.4. The molecule has 0 spiro atoms. The molecule has 0 aliphatic rings. The maximum atomic E-state index is 14.0. The van der Waals surface area contributed by atoms with Gasteiger partial charge in [0, 0.05) is 38.2 Å². The Morgan fingerprint density at radius 2 is 2.05 bits per heavy atom. The van der Waals surface area contributed by atoms with Crippen LogP contribution in [0.25, 0.3) is 0 Å². The van der Waals surface area contributed by atoms with Gasteiger partial charge in [0.05, 0.1) is 5.69 Å². The van der Waals surface area contributed by atoms with Crippen molar-refractivity contribution in [2.75, 3.05) is 6.54 Å². The Morgan fingerprint density at radius 1 is 1.30 bits per heavy atom. The molecule has 0 saturated heterocycles. The number of rotatable bonds is 6. The molecule has 108 valence electrons. The number of nitrogens with zero attached hydrogens (tertiary/aromatic N) is 3. The second-order valence-electron chi connectivity index (χ2n) is 5.37. The van der Waals surface area contributed by atoms with Crippen LogP contribution < -0.4 is 5.32 Å². The zero-order valence-corrected chi connectivity index (χ0v) is 12.2. The molecule has 1 N–H and O–H groups in total. The summed E-state index contributed by atoms with van der Waals surface area (Å²) in [5.74, 6) is -0.109. The second-order valence-corrected chi connectivity index (χ2v) is 5.37. The molecule has 0 radical (unpaired) electrons. The van der Waals surface area contributed by atoms with Crippen LogP contribution >= 0.6 is 0 Å². The van der Waals surface area contributed by atoms with Crippen LogP contribution in [0.15, 0.2) is 30.5 Å². The summed E-state index contributed by atoms with van der Waals surface area (Å²) in [6.07, 6.45) is 2.55. The molecule has 0 amide bonds. The van der Waals surface area contributed by atoms with Gasteiger partial charge < -0.3 is 5.32 Å². The molecule has 2 rings (SSSR count). The normalized spacial score (nSPS) is 12.8. The molecule has 0 aliphatic carbocycles. The highest BCUT2D eigenvalue weighted by molar-refractivity contribution is 5.23. The molecular formula is C15H21FN4. The number of halogens is 1. The van der Waals surface area contributed by atoms with Gasteiger partial charge in [0.25, 0.3) is 0 Å². The Balaban J connectivity index is 2.18. The predicted octanol–water partition coefficient (Wildman–Crippen LogP) is 2.28. The minimum Gasteiger partial charge on any atom is -0.314 e. The predicted molar refractivity (Wildman–Crippen MR) is 77.0 cm³/mol. The van der Waals surface area contributed by atoms with E-state index in [0.717, 1.165) is 17.8 Å². The Hall–Kier alpha value is -1.75. The fraction of sp³-hybridized carbons (Fsp3) is 0.467. The fourth-order valence-corrected chi connectivity index (χ4v) is 2.22. The Bertz CT molecular complexity index is 550. The van der Waals surface area contributed by atoms with Crippen molar-refractivity contribution in [2.24, 2.45) is 7.05 Å². The average Bonchev–Trinajstić information content (AvgIpc) is 2.81. The van der Waals surface area contributed by atoms with Crippen LogP contribution in [0.5, 0.6) is 0 Å². The number of benzene rings is 1. The van der Waals surface area contributed by atoms with Crippen LogP contribution in [-0.2, 0) is 13.5 Å². The monoisotopic (exact) mass is 276 g/mol. The van der Waals surface area contributed by atoms with Crippen LogP contribution in [0.3, 0.4) is 0 Å². The molecule has 1 aromatic heterocycles. The molecule has 1 heterocycles. The molecule has 0 aliphatic heterocycles. The molecule has 5 heteroatoms. The van der Waals surface area contributed by atoms with Gasteiger partial charge >= 0.3 is 0 Å². The van der Waals surface area contributed by atoms with E-state index in [4.69, 9.17) is 0 Å².